The highest BCUT2D eigenvalue weighted by Gasteiger charge is 2.10. The maximum Gasteiger partial charge on any atom is 0.306 e. The van der Waals surface area contributed by atoms with Gasteiger partial charge < -0.3 is 15.0 Å². The largest absolute Gasteiger partial charge is 0.456 e. The molecular weight excluding hydrogens is 394 g/mol. The number of benzene rings is 2. The van der Waals surface area contributed by atoms with E-state index < -0.39 is 5.97 Å². The molecule has 29 heavy (non-hydrogen) atoms. The number of nitrogens with one attached hydrogen (secondary N) is 2. The molecule has 0 saturated heterocycles. The van der Waals surface area contributed by atoms with Crippen molar-refractivity contribution in [2.24, 2.45) is 0 Å². The number of amides is 1. The van der Waals surface area contributed by atoms with Crippen LogP contribution in [-0.2, 0) is 27.2 Å². The maximum atomic E-state index is 12.0. The van der Waals surface area contributed by atoms with Crippen LogP contribution in [-0.4, -0.2) is 35.0 Å². The minimum Gasteiger partial charge on any atom is -0.456 e. The standard InChI is InChI=1S/C21H20ClN3O4/c22-15-5-3-4-14(12-15)10-11-23-19(26)13-29-20(27)9-8-18-24-17-7-2-1-6-16(17)21(28)25-18/h1-7,12H,8-11,13H2,(H,23,26)(H,24,25,28). The fourth-order valence-electron chi connectivity index (χ4n) is 2.78. The number of nitrogens with zero attached hydrogens (tertiary/aromatic N) is 1. The number of carbonyl (C=O) groups excluding carboxylic acids is 2. The van der Waals surface area contributed by atoms with Crippen LogP contribution in [0.2, 0.25) is 5.02 Å². The van der Waals surface area contributed by atoms with Gasteiger partial charge >= 0.3 is 5.97 Å². The Morgan fingerprint density at radius 3 is 2.76 bits per heavy atom. The van der Waals surface area contributed by atoms with Crippen molar-refractivity contribution in [1.29, 1.82) is 0 Å². The van der Waals surface area contributed by atoms with E-state index in [2.05, 4.69) is 15.3 Å². The number of halogens is 1. The summed E-state index contributed by atoms with van der Waals surface area (Å²) < 4.78 is 4.97. The van der Waals surface area contributed by atoms with Crippen LogP contribution >= 0.6 is 11.6 Å². The molecule has 3 aromatic rings. The normalized spacial score (nSPS) is 10.7. The van der Waals surface area contributed by atoms with Crippen LogP contribution < -0.4 is 10.9 Å². The van der Waals surface area contributed by atoms with E-state index in [1.54, 1.807) is 30.3 Å². The monoisotopic (exact) mass is 413 g/mol. The lowest BCUT2D eigenvalue weighted by Gasteiger charge is -2.07. The number of rotatable bonds is 8. The molecule has 0 atom stereocenters. The molecule has 0 aliphatic rings. The van der Waals surface area contributed by atoms with Crippen LogP contribution in [0.1, 0.15) is 17.8 Å². The summed E-state index contributed by atoms with van der Waals surface area (Å²) in [5, 5.41) is 3.83. The molecular formula is C21H20ClN3O4. The highest BCUT2D eigenvalue weighted by atomic mass is 35.5. The third kappa shape index (κ3) is 6.15. The zero-order valence-electron chi connectivity index (χ0n) is 15.6. The fourth-order valence-corrected chi connectivity index (χ4v) is 2.99. The average molecular weight is 414 g/mol. The first kappa shape index (κ1) is 20.5. The van der Waals surface area contributed by atoms with Gasteiger partial charge in [0.25, 0.3) is 11.5 Å². The van der Waals surface area contributed by atoms with E-state index >= 15 is 0 Å². The maximum absolute atomic E-state index is 12.0. The predicted octanol–water partition coefficient (Wildman–Crippen LogP) is 2.41. The Hall–Kier alpha value is -3.19. The third-order valence-corrected chi connectivity index (χ3v) is 4.45. The molecule has 0 radical (unpaired) electrons. The number of H-pyrrole nitrogens is 1. The van der Waals surface area contributed by atoms with Crippen molar-refractivity contribution in [2.75, 3.05) is 13.2 Å². The number of fused-ring (bicyclic) bond motifs is 1. The van der Waals surface area contributed by atoms with Gasteiger partial charge in [-0.15, -0.1) is 0 Å². The second-order valence-electron chi connectivity index (χ2n) is 6.42. The number of aryl methyl sites for hydroxylation is 1. The van der Waals surface area contributed by atoms with Crippen LogP contribution in [0.25, 0.3) is 10.9 Å². The Kier molecular flexibility index (Phi) is 6.97. The van der Waals surface area contributed by atoms with Crippen molar-refractivity contribution in [3.05, 3.63) is 75.3 Å². The minimum atomic E-state index is -0.536. The molecule has 0 saturated carbocycles. The van der Waals surface area contributed by atoms with Gasteiger partial charge in [0, 0.05) is 18.0 Å². The van der Waals surface area contributed by atoms with E-state index in [0.29, 0.717) is 34.7 Å². The highest BCUT2D eigenvalue weighted by Crippen LogP contribution is 2.10. The van der Waals surface area contributed by atoms with Crippen molar-refractivity contribution in [2.45, 2.75) is 19.3 Å². The first-order chi connectivity index (χ1) is 14.0. The van der Waals surface area contributed by atoms with E-state index in [9.17, 15) is 14.4 Å². The van der Waals surface area contributed by atoms with Crippen molar-refractivity contribution < 1.29 is 14.3 Å². The second-order valence-corrected chi connectivity index (χ2v) is 6.86. The number of aromatic nitrogens is 2. The van der Waals surface area contributed by atoms with E-state index in [1.807, 2.05) is 18.2 Å². The SMILES string of the molecule is O=C(COC(=O)CCc1nc2ccccc2c(=O)[nH]1)NCCc1cccc(Cl)c1. The second kappa shape index (κ2) is 9.84. The number of hydrogen-bond donors (Lipinski definition) is 2. The quantitative estimate of drug-likeness (QED) is 0.552. The molecule has 0 bridgehead atoms. The van der Waals surface area contributed by atoms with Gasteiger partial charge in [0.2, 0.25) is 0 Å². The Balaban J connectivity index is 1.39. The Bertz CT molecular complexity index is 1080. The predicted molar refractivity (Wildman–Crippen MR) is 110 cm³/mol. The van der Waals surface area contributed by atoms with E-state index in [-0.39, 0.29) is 30.9 Å². The molecule has 2 N–H and O–H groups in total. The lowest BCUT2D eigenvalue weighted by atomic mass is 10.1. The summed E-state index contributed by atoms with van der Waals surface area (Å²) in [6.07, 6.45) is 0.855. The molecule has 7 nitrogen and oxygen atoms in total. The van der Waals surface area contributed by atoms with Crippen LogP contribution in [0, 0.1) is 0 Å². The summed E-state index contributed by atoms with van der Waals surface area (Å²) >= 11 is 5.91. The minimum absolute atomic E-state index is 0.0110. The van der Waals surface area contributed by atoms with Crippen LogP contribution in [0.3, 0.4) is 0 Å². The molecule has 0 aliphatic carbocycles. The lowest BCUT2D eigenvalue weighted by molar-refractivity contribution is -0.148. The first-order valence-electron chi connectivity index (χ1n) is 9.16. The molecule has 0 spiro atoms. The van der Waals surface area contributed by atoms with Crippen LogP contribution in [0.4, 0.5) is 0 Å². The summed E-state index contributed by atoms with van der Waals surface area (Å²) in [6.45, 7) is 0.0645. The number of para-hydroxylation sites is 1. The Labute approximate surface area is 172 Å². The van der Waals surface area contributed by atoms with Crippen molar-refractivity contribution >= 4 is 34.4 Å². The van der Waals surface area contributed by atoms with E-state index in [0.717, 1.165) is 5.56 Å². The molecule has 0 aliphatic heterocycles. The number of hydrogen-bond acceptors (Lipinski definition) is 5. The molecule has 1 heterocycles. The van der Waals surface area contributed by atoms with Crippen molar-refractivity contribution in [3.8, 4) is 0 Å². The molecule has 8 heteroatoms. The Morgan fingerprint density at radius 1 is 1.10 bits per heavy atom. The highest BCUT2D eigenvalue weighted by molar-refractivity contribution is 6.30. The molecule has 0 unspecified atom stereocenters. The molecule has 1 aromatic heterocycles. The number of esters is 1. The Morgan fingerprint density at radius 2 is 1.93 bits per heavy atom. The smallest absolute Gasteiger partial charge is 0.306 e. The van der Waals surface area contributed by atoms with Gasteiger partial charge in [-0.3, -0.25) is 14.4 Å². The van der Waals surface area contributed by atoms with E-state index in [4.69, 9.17) is 16.3 Å². The van der Waals surface area contributed by atoms with Crippen molar-refractivity contribution in [3.63, 3.8) is 0 Å². The molecule has 150 valence electrons. The topological polar surface area (TPSA) is 101 Å². The summed E-state index contributed by atoms with van der Waals surface area (Å²) in [7, 11) is 0. The molecule has 2 aromatic carbocycles. The van der Waals surface area contributed by atoms with Crippen molar-refractivity contribution in [1.82, 2.24) is 15.3 Å². The number of ether oxygens (including phenoxy) is 1. The lowest BCUT2D eigenvalue weighted by Crippen LogP contribution is -2.30. The van der Waals surface area contributed by atoms with Gasteiger partial charge in [-0.25, -0.2) is 4.98 Å². The van der Waals surface area contributed by atoms with Gasteiger partial charge in [0.05, 0.1) is 17.3 Å². The summed E-state index contributed by atoms with van der Waals surface area (Å²) in [6, 6.07) is 14.4. The van der Waals surface area contributed by atoms with Gasteiger partial charge in [0.15, 0.2) is 6.61 Å². The van der Waals surface area contributed by atoms with Crippen LogP contribution in [0.15, 0.2) is 53.3 Å². The molecule has 0 fully saturated rings. The third-order valence-electron chi connectivity index (χ3n) is 4.22. The zero-order valence-corrected chi connectivity index (χ0v) is 16.4. The van der Waals surface area contributed by atoms with E-state index in [1.165, 1.54) is 0 Å². The summed E-state index contributed by atoms with van der Waals surface area (Å²) in [5.41, 5.74) is 1.32. The fraction of sp³-hybridized carbons (Fsp3) is 0.238. The number of aromatic amines is 1. The summed E-state index contributed by atoms with van der Waals surface area (Å²) in [4.78, 5) is 42.7. The molecule has 1 amide bonds. The molecule has 3 rings (SSSR count). The zero-order chi connectivity index (χ0) is 20.6. The van der Waals surface area contributed by atoms with Gasteiger partial charge in [-0.2, -0.15) is 0 Å². The average Bonchev–Trinajstić information content (AvgIpc) is 2.71. The first-order valence-corrected chi connectivity index (χ1v) is 9.54. The summed E-state index contributed by atoms with van der Waals surface area (Å²) in [5.74, 6) is -0.514. The van der Waals surface area contributed by atoms with Crippen LogP contribution in [0.5, 0.6) is 0 Å². The van der Waals surface area contributed by atoms with Gasteiger partial charge in [-0.1, -0.05) is 35.9 Å². The number of carbonyl (C=O) groups is 2. The van der Waals surface area contributed by atoms with Gasteiger partial charge in [-0.05, 0) is 36.2 Å². The van der Waals surface area contributed by atoms with Gasteiger partial charge in [0.1, 0.15) is 5.82 Å².